The number of nitrogens with zero attached hydrogens (tertiary/aromatic N) is 1. The number of nitrogen functional groups attached to an aromatic ring is 1. The molecule has 16 heavy (non-hydrogen) atoms. The van der Waals surface area contributed by atoms with Crippen molar-refractivity contribution in [3.8, 4) is 0 Å². The molecule has 2 rings (SSSR count). The van der Waals surface area contributed by atoms with Crippen LogP contribution in [-0.2, 0) is 4.79 Å². The standard InChI is InChI=1S/C10H11N3O2S/c11-6(4-9(14)15)5-1-2-7-8(3-5)16-10(12)13-7/h1-3,6H,4,11H2,(H2,12,13)(H,14,15). The van der Waals surface area contributed by atoms with Gasteiger partial charge >= 0.3 is 5.97 Å². The van der Waals surface area contributed by atoms with Crippen molar-refractivity contribution in [2.45, 2.75) is 12.5 Å². The SMILES string of the molecule is Nc1nc2ccc(C(N)CC(=O)O)cc2s1. The highest BCUT2D eigenvalue weighted by Gasteiger charge is 2.12. The smallest absolute Gasteiger partial charge is 0.305 e. The van der Waals surface area contributed by atoms with Crippen LogP contribution < -0.4 is 11.5 Å². The van der Waals surface area contributed by atoms with E-state index in [-0.39, 0.29) is 6.42 Å². The number of carboxylic acid groups (broad SMARTS) is 1. The van der Waals surface area contributed by atoms with E-state index in [0.29, 0.717) is 5.13 Å². The van der Waals surface area contributed by atoms with Crippen LogP contribution in [0.25, 0.3) is 10.2 Å². The van der Waals surface area contributed by atoms with Crippen LogP contribution in [-0.4, -0.2) is 16.1 Å². The van der Waals surface area contributed by atoms with Crippen LogP contribution in [0.4, 0.5) is 5.13 Å². The molecule has 5 nitrogen and oxygen atoms in total. The van der Waals surface area contributed by atoms with Gasteiger partial charge in [-0.3, -0.25) is 4.79 Å². The number of hydrogen-bond donors (Lipinski definition) is 3. The van der Waals surface area contributed by atoms with Crippen LogP contribution in [0.2, 0.25) is 0 Å². The minimum Gasteiger partial charge on any atom is -0.481 e. The quantitative estimate of drug-likeness (QED) is 0.747. The molecule has 0 aliphatic carbocycles. The minimum atomic E-state index is -0.906. The highest BCUT2D eigenvalue weighted by Crippen LogP contribution is 2.26. The number of carbonyl (C=O) groups is 1. The zero-order valence-corrected chi connectivity index (χ0v) is 9.20. The molecule has 0 spiro atoms. The molecular formula is C10H11N3O2S. The lowest BCUT2D eigenvalue weighted by Gasteiger charge is -2.08. The molecule has 5 N–H and O–H groups in total. The van der Waals surface area contributed by atoms with Crippen LogP contribution in [0.5, 0.6) is 0 Å². The highest BCUT2D eigenvalue weighted by atomic mass is 32.1. The van der Waals surface area contributed by atoms with E-state index in [0.717, 1.165) is 15.8 Å². The van der Waals surface area contributed by atoms with Gasteiger partial charge in [-0.2, -0.15) is 0 Å². The first kappa shape index (κ1) is 10.8. The van der Waals surface area contributed by atoms with Gasteiger partial charge in [0.2, 0.25) is 0 Å². The van der Waals surface area contributed by atoms with Crippen molar-refractivity contribution in [1.82, 2.24) is 4.98 Å². The Morgan fingerprint density at radius 3 is 3.00 bits per heavy atom. The van der Waals surface area contributed by atoms with E-state index >= 15 is 0 Å². The molecule has 0 saturated heterocycles. The van der Waals surface area contributed by atoms with Crippen molar-refractivity contribution in [1.29, 1.82) is 0 Å². The Morgan fingerprint density at radius 2 is 2.31 bits per heavy atom. The summed E-state index contributed by atoms with van der Waals surface area (Å²) in [6.45, 7) is 0. The Bertz CT molecular complexity index is 538. The van der Waals surface area contributed by atoms with E-state index in [1.54, 1.807) is 12.1 Å². The Morgan fingerprint density at radius 1 is 1.56 bits per heavy atom. The number of nitrogens with two attached hydrogens (primary N) is 2. The van der Waals surface area contributed by atoms with Gasteiger partial charge in [0, 0.05) is 6.04 Å². The van der Waals surface area contributed by atoms with Gasteiger partial charge in [0.25, 0.3) is 0 Å². The second-order valence-electron chi connectivity index (χ2n) is 3.48. The fourth-order valence-electron chi connectivity index (χ4n) is 1.50. The molecule has 1 aromatic carbocycles. The number of anilines is 1. The molecule has 1 atom stereocenters. The summed E-state index contributed by atoms with van der Waals surface area (Å²) in [5.74, 6) is -0.906. The molecule has 0 fully saturated rings. The van der Waals surface area contributed by atoms with Gasteiger partial charge in [0.05, 0.1) is 16.6 Å². The molecule has 0 bridgehead atoms. The van der Waals surface area contributed by atoms with Gasteiger partial charge < -0.3 is 16.6 Å². The fourth-order valence-corrected chi connectivity index (χ4v) is 2.28. The van der Waals surface area contributed by atoms with E-state index in [1.165, 1.54) is 11.3 Å². The van der Waals surface area contributed by atoms with Gasteiger partial charge in [0.15, 0.2) is 5.13 Å². The molecule has 6 heteroatoms. The molecule has 0 radical (unpaired) electrons. The maximum atomic E-state index is 10.5. The van der Waals surface area contributed by atoms with Crippen LogP contribution in [0.3, 0.4) is 0 Å². The first-order chi connectivity index (χ1) is 7.56. The Kier molecular flexibility index (Phi) is 2.76. The Hall–Kier alpha value is -1.66. The van der Waals surface area contributed by atoms with Crippen molar-refractivity contribution in [2.75, 3.05) is 5.73 Å². The van der Waals surface area contributed by atoms with Crippen LogP contribution in [0, 0.1) is 0 Å². The lowest BCUT2D eigenvalue weighted by atomic mass is 10.0. The van der Waals surface area contributed by atoms with Crippen LogP contribution in [0.1, 0.15) is 18.0 Å². The van der Waals surface area contributed by atoms with Gasteiger partial charge in [-0.25, -0.2) is 4.98 Å². The molecule has 1 aromatic heterocycles. The molecule has 0 saturated carbocycles. The van der Waals surface area contributed by atoms with E-state index in [4.69, 9.17) is 16.6 Å². The largest absolute Gasteiger partial charge is 0.481 e. The van der Waals surface area contributed by atoms with Gasteiger partial charge in [0.1, 0.15) is 0 Å². The predicted molar refractivity (Wildman–Crippen MR) is 63.2 cm³/mol. The monoisotopic (exact) mass is 237 g/mol. The summed E-state index contributed by atoms with van der Waals surface area (Å²) in [4.78, 5) is 14.7. The zero-order chi connectivity index (χ0) is 11.7. The molecule has 1 heterocycles. The molecule has 0 aliphatic heterocycles. The Labute approximate surface area is 95.7 Å². The second-order valence-corrected chi connectivity index (χ2v) is 4.55. The van der Waals surface area contributed by atoms with Gasteiger partial charge in [-0.1, -0.05) is 17.4 Å². The molecule has 2 aromatic rings. The number of hydrogen-bond acceptors (Lipinski definition) is 5. The number of fused-ring (bicyclic) bond motifs is 1. The lowest BCUT2D eigenvalue weighted by molar-refractivity contribution is -0.137. The number of aliphatic carboxylic acids is 1. The number of benzene rings is 1. The number of rotatable bonds is 3. The summed E-state index contributed by atoms with van der Waals surface area (Å²) in [5, 5.41) is 9.15. The number of thiazole rings is 1. The van der Waals surface area contributed by atoms with Crippen molar-refractivity contribution in [2.24, 2.45) is 5.73 Å². The summed E-state index contributed by atoms with van der Waals surface area (Å²) in [5.41, 5.74) is 12.9. The maximum absolute atomic E-state index is 10.5. The molecule has 0 amide bonds. The number of aromatic nitrogens is 1. The first-order valence-corrected chi connectivity index (χ1v) is 5.51. The number of carboxylic acids is 1. The third kappa shape index (κ3) is 2.12. The Balaban J connectivity index is 2.34. The normalized spacial score (nSPS) is 12.8. The van der Waals surface area contributed by atoms with Crippen molar-refractivity contribution < 1.29 is 9.90 Å². The summed E-state index contributed by atoms with van der Waals surface area (Å²) in [6.07, 6.45) is -0.0835. The van der Waals surface area contributed by atoms with E-state index in [1.807, 2.05) is 6.07 Å². The summed E-state index contributed by atoms with van der Waals surface area (Å²) in [6, 6.07) is 4.94. The summed E-state index contributed by atoms with van der Waals surface area (Å²) in [7, 11) is 0. The molecule has 0 aliphatic rings. The summed E-state index contributed by atoms with van der Waals surface area (Å²) >= 11 is 1.37. The first-order valence-electron chi connectivity index (χ1n) is 4.69. The predicted octanol–water partition coefficient (Wildman–Crippen LogP) is 1.35. The van der Waals surface area contributed by atoms with Crippen molar-refractivity contribution in [3.05, 3.63) is 23.8 Å². The third-order valence-corrected chi connectivity index (χ3v) is 3.10. The van der Waals surface area contributed by atoms with E-state index < -0.39 is 12.0 Å². The third-order valence-electron chi connectivity index (χ3n) is 2.25. The average Bonchev–Trinajstić information content (AvgIpc) is 2.55. The highest BCUT2D eigenvalue weighted by molar-refractivity contribution is 7.22. The maximum Gasteiger partial charge on any atom is 0.305 e. The van der Waals surface area contributed by atoms with Crippen molar-refractivity contribution >= 4 is 32.7 Å². The van der Waals surface area contributed by atoms with Crippen molar-refractivity contribution in [3.63, 3.8) is 0 Å². The van der Waals surface area contributed by atoms with Crippen LogP contribution in [0.15, 0.2) is 18.2 Å². The molecular weight excluding hydrogens is 226 g/mol. The summed E-state index contributed by atoms with van der Waals surface area (Å²) < 4.78 is 0.927. The topological polar surface area (TPSA) is 102 Å². The van der Waals surface area contributed by atoms with Crippen LogP contribution >= 0.6 is 11.3 Å². The molecule has 1 unspecified atom stereocenters. The van der Waals surface area contributed by atoms with Gasteiger partial charge in [-0.05, 0) is 17.7 Å². The average molecular weight is 237 g/mol. The minimum absolute atomic E-state index is 0.0835. The molecule has 84 valence electrons. The zero-order valence-electron chi connectivity index (χ0n) is 8.38. The lowest BCUT2D eigenvalue weighted by Crippen LogP contribution is -2.14. The second kappa shape index (κ2) is 4.07. The van der Waals surface area contributed by atoms with Gasteiger partial charge in [-0.15, -0.1) is 0 Å². The van der Waals surface area contributed by atoms with E-state index in [2.05, 4.69) is 4.98 Å². The fraction of sp³-hybridized carbons (Fsp3) is 0.200. The van der Waals surface area contributed by atoms with E-state index in [9.17, 15) is 4.79 Å².